The van der Waals surface area contributed by atoms with E-state index in [0.717, 1.165) is 6.07 Å². The van der Waals surface area contributed by atoms with Crippen LogP contribution in [0.4, 0.5) is 4.39 Å². The average molecular weight is 249 g/mol. The molecule has 0 aliphatic heterocycles. The van der Waals surface area contributed by atoms with Crippen LogP contribution in [0.15, 0.2) is 24.4 Å². The van der Waals surface area contributed by atoms with Crippen molar-refractivity contribution in [2.24, 2.45) is 7.05 Å². The van der Waals surface area contributed by atoms with Gasteiger partial charge in [0.15, 0.2) is 17.3 Å². The molecule has 0 bridgehead atoms. The minimum absolute atomic E-state index is 0.0886. The fourth-order valence-electron chi connectivity index (χ4n) is 1.45. The number of carbonyl (C=O) groups excluding carboxylic acids is 1. The number of aryl methyl sites for hydroxylation is 1. The highest BCUT2D eigenvalue weighted by molar-refractivity contribution is 5.94. The van der Waals surface area contributed by atoms with Crippen LogP contribution in [0.2, 0.25) is 0 Å². The molecule has 5 nitrogen and oxygen atoms in total. The summed E-state index contributed by atoms with van der Waals surface area (Å²) in [6.45, 7) is 1.51. The number of ether oxygens (including phenoxy) is 1. The van der Waals surface area contributed by atoms with E-state index in [1.807, 2.05) is 0 Å². The van der Waals surface area contributed by atoms with Gasteiger partial charge in [-0.2, -0.15) is 0 Å². The molecule has 0 saturated heterocycles. The molecule has 0 N–H and O–H groups in total. The highest BCUT2D eigenvalue weighted by Crippen LogP contribution is 2.19. The van der Waals surface area contributed by atoms with Crippen molar-refractivity contribution >= 4 is 5.78 Å². The third-order valence-electron chi connectivity index (χ3n) is 2.36. The number of hydrogen-bond acceptors (Lipinski definition) is 4. The standard InChI is InChI=1S/C12H12FN3O2/c1-8(17)9-3-4-12(11(13)5-9)18-7-10-6-16(2)15-14-10/h3-6H,7H2,1-2H3. The van der Waals surface area contributed by atoms with Crippen molar-refractivity contribution in [3.8, 4) is 5.75 Å². The molecule has 94 valence electrons. The first-order chi connectivity index (χ1) is 8.56. The summed E-state index contributed by atoms with van der Waals surface area (Å²) < 4.78 is 20.4. The Kier molecular flexibility index (Phi) is 3.36. The van der Waals surface area contributed by atoms with Crippen molar-refractivity contribution in [3.63, 3.8) is 0 Å². The minimum Gasteiger partial charge on any atom is -0.484 e. The Bertz CT molecular complexity index is 580. The molecular weight excluding hydrogens is 237 g/mol. The topological polar surface area (TPSA) is 57.0 Å². The van der Waals surface area contributed by atoms with Gasteiger partial charge in [0.25, 0.3) is 0 Å². The number of benzene rings is 1. The number of carbonyl (C=O) groups is 1. The summed E-state index contributed by atoms with van der Waals surface area (Å²) in [5.41, 5.74) is 0.923. The number of hydrogen-bond donors (Lipinski definition) is 0. The molecule has 0 amide bonds. The molecular formula is C12H12FN3O2. The molecule has 0 aliphatic carbocycles. The SMILES string of the molecule is CC(=O)c1ccc(OCc2cn(C)nn2)c(F)c1. The lowest BCUT2D eigenvalue weighted by Crippen LogP contribution is -2.00. The Labute approximate surface area is 103 Å². The predicted octanol–water partition coefficient (Wildman–Crippen LogP) is 1.74. The smallest absolute Gasteiger partial charge is 0.165 e. The molecule has 0 aliphatic rings. The molecule has 1 heterocycles. The van der Waals surface area contributed by atoms with Gasteiger partial charge < -0.3 is 4.74 Å². The minimum atomic E-state index is -0.563. The molecule has 2 aromatic rings. The summed E-state index contributed by atoms with van der Waals surface area (Å²) in [5, 5.41) is 7.55. The number of aromatic nitrogens is 3. The van der Waals surface area contributed by atoms with Gasteiger partial charge >= 0.3 is 0 Å². The fraction of sp³-hybridized carbons (Fsp3) is 0.250. The van der Waals surface area contributed by atoms with Gasteiger partial charge in [-0.15, -0.1) is 5.10 Å². The maximum atomic E-state index is 13.6. The van der Waals surface area contributed by atoms with Gasteiger partial charge in [0.05, 0.1) is 6.20 Å². The van der Waals surface area contributed by atoms with Crippen LogP contribution in [-0.4, -0.2) is 20.8 Å². The molecule has 6 heteroatoms. The first kappa shape index (κ1) is 12.2. The van der Waals surface area contributed by atoms with Gasteiger partial charge in [-0.05, 0) is 25.1 Å². The predicted molar refractivity (Wildman–Crippen MR) is 61.7 cm³/mol. The molecule has 0 fully saturated rings. The van der Waals surface area contributed by atoms with Gasteiger partial charge in [0, 0.05) is 12.6 Å². The van der Waals surface area contributed by atoms with E-state index < -0.39 is 5.82 Å². The van der Waals surface area contributed by atoms with Crippen LogP contribution in [0.25, 0.3) is 0 Å². The molecule has 1 aromatic heterocycles. The van der Waals surface area contributed by atoms with Gasteiger partial charge in [-0.25, -0.2) is 4.39 Å². The van der Waals surface area contributed by atoms with E-state index in [0.29, 0.717) is 11.3 Å². The Morgan fingerprint density at radius 1 is 1.50 bits per heavy atom. The summed E-state index contributed by atoms with van der Waals surface area (Å²) in [6.07, 6.45) is 1.68. The van der Waals surface area contributed by atoms with Crippen LogP contribution in [-0.2, 0) is 13.7 Å². The molecule has 2 rings (SSSR count). The summed E-state index contributed by atoms with van der Waals surface area (Å²) in [4.78, 5) is 11.1. The number of halogens is 1. The van der Waals surface area contributed by atoms with Crippen LogP contribution in [0.5, 0.6) is 5.75 Å². The van der Waals surface area contributed by atoms with Gasteiger partial charge in [-0.3, -0.25) is 9.48 Å². The molecule has 0 saturated carbocycles. The maximum Gasteiger partial charge on any atom is 0.165 e. The Morgan fingerprint density at radius 2 is 2.28 bits per heavy atom. The average Bonchev–Trinajstić information content (AvgIpc) is 2.73. The zero-order valence-corrected chi connectivity index (χ0v) is 10.1. The number of rotatable bonds is 4. The van der Waals surface area contributed by atoms with Crippen molar-refractivity contribution in [1.29, 1.82) is 0 Å². The van der Waals surface area contributed by atoms with Crippen LogP contribution in [0, 0.1) is 5.82 Å². The highest BCUT2D eigenvalue weighted by atomic mass is 19.1. The van der Waals surface area contributed by atoms with Crippen LogP contribution < -0.4 is 4.74 Å². The quantitative estimate of drug-likeness (QED) is 0.774. The van der Waals surface area contributed by atoms with E-state index in [2.05, 4.69) is 10.3 Å². The van der Waals surface area contributed by atoms with E-state index in [4.69, 9.17) is 4.74 Å². The van der Waals surface area contributed by atoms with E-state index >= 15 is 0 Å². The zero-order valence-electron chi connectivity index (χ0n) is 10.1. The monoisotopic (exact) mass is 249 g/mol. The van der Waals surface area contributed by atoms with Gasteiger partial charge in [0.2, 0.25) is 0 Å². The first-order valence-electron chi connectivity index (χ1n) is 5.35. The Morgan fingerprint density at radius 3 is 2.83 bits per heavy atom. The van der Waals surface area contributed by atoms with Crippen molar-refractivity contribution in [2.75, 3.05) is 0 Å². The normalized spacial score (nSPS) is 10.4. The largest absolute Gasteiger partial charge is 0.484 e. The van der Waals surface area contributed by atoms with Crippen LogP contribution >= 0.6 is 0 Å². The molecule has 0 atom stereocenters. The molecule has 0 radical (unpaired) electrons. The van der Waals surface area contributed by atoms with Crippen molar-refractivity contribution in [3.05, 3.63) is 41.5 Å². The highest BCUT2D eigenvalue weighted by Gasteiger charge is 2.08. The fourth-order valence-corrected chi connectivity index (χ4v) is 1.45. The van der Waals surface area contributed by atoms with Gasteiger partial charge in [-0.1, -0.05) is 5.21 Å². The molecule has 1 aromatic carbocycles. The van der Waals surface area contributed by atoms with Crippen LogP contribution in [0.3, 0.4) is 0 Å². The number of ketones is 1. The summed E-state index contributed by atoms with van der Waals surface area (Å²) in [7, 11) is 1.73. The van der Waals surface area contributed by atoms with Crippen molar-refractivity contribution in [2.45, 2.75) is 13.5 Å². The van der Waals surface area contributed by atoms with Crippen molar-refractivity contribution in [1.82, 2.24) is 15.0 Å². The summed E-state index contributed by atoms with van der Waals surface area (Å²) in [5.74, 6) is -0.661. The second kappa shape index (κ2) is 4.95. The Hall–Kier alpha value is -2.24. The van der Waals surface area contributed by atoms with Crippen molar-refractivity contribution < 1.29 is 13.9 Å². The zero-order chi connectivity index (χ0) is 13.1. The summed E-state index contributed by atoms with van der Waals surface area (Å²) >= 11 is 0. The van der Waals surface area contributed by atoms with Crippen LogP contribution in [0.1, 0.15) is 23.0 Å². The Balaban J connectivity index is 2.08. The molecule has 0 spiro atoms. The third-order valence-corrected chi connectivity index (χ3v) is 2.36. The lowest BCUT2D eigenvalue weighted by molar-refractivity contribution is 0.101. The second-order valence-corrected chi connectivity index (χ2v) is 3.87. The first-order valence-corrected chi connectivity index (χ1v) is 5.35. The lowest BCUT2D eigenvalue weighted by atomic mass is 10.1. The maximum absolute atomic E-state index is 13.6. The van der Waals surface area contributed by atoms with E-state index in [1.165, 1.54) is 23.7 Å². The number of nitrogens with zero attached hydrogens (tertiary/aromatic N) is 3. The third kappa shape index (κ3) is 2.71. The lowest BCUT2D eigenvalue weighted by Gasteiger charge is -2.06. The van der Waals surface area contributed by atoms with E-state index in [-0.39, 0.29) is 18.1 Å². The number of Topliss-reactive ketones (excluding diaryl/α,β-unsaturated/α-hetero) is 1. The van der Waals surface area contributed by atoms with E-state index in [1.54, 1.807) is 13.2 Å². The van der Waals surface area contributed by atoms with Gasteiger partial charge in [0.1, 0.15) is 12.3 Å². The second-order valence-electron chi connectivity index (χ2n) is 3.87. The molecule has 18 heavy (non-hydrogen) atoms. The molecule has 0 unspecified atom stereocenters. The summed E-state index contributed by atoms with van der Waals surface area (Å²) in [6, 6.07) is 4.12. The van der Waals surface area contributed by atoms with E-state index in [9.17, 15) is 9.18 Å².